The number of nitrogens with zero attached hydrogens (tertiary/aromatic N) is 4. The van der Waals surface area contributed by atoms with Gasteiger partial charge in [-0.3, -0.25) is 0 Å². The summed E-state index contributed by atoms with van der Waals surface area (Å²) in [4.78, 5) is 10.7. The van der Waals surface area contributed by atoms with Crippen LogP contribution in [-0.4, -0.2) is 20.1 Å². The van der Waals surface area contributed by atoms with Crippen LogP contribution < -0.4 is 78.2 Å². The lowest BCUT2D eigenvalue weighted by Gasteiger charge is -2.50. The highest BCUT2D eigenvalue weighted by atomic mass is 32.1. The molecule has 27 rings (SSSR count). The van der Waals surface area contributed by atoms with E-state index in [1.807, 2.05) is 22.7 Å². The number of rotatable bonds is 10. The van der Waals surface area contributed by atoms with Gasteiger partial charge in [0.15, 0.2) is 0 Å². The third-order valence-corrected chi connectivity index (χ3v) is 30.3. The molecule has 0 aliphatic carbocycles. The molecule has 6 aliphatic rings. The maximum atomic E-state index is 8.75. The van der Waals surface area contributed by atoms with Gasteiger partial charge >= 0.3 is 0 Å². The molecule has 0 amide bonds. The second-order valence-electron chi connectivity index (χ2n) is 35.8. The summed E-state index contributed by atoms with van der Waals surface area (Å²) in [6.07, 6.45) is 0. The predicted molar refractivity (Wildman–Crippen MR) is 549 cm³/mol. The van der Waals surface area contributed by atoms with E-state index in [1.165, 1.54) is 67.8 Å². The lowest BCUT2D eigenvalue weighted by atomic mass is 9.28. The van der Waals surface area contributed by atoms with Crippen LogP contribution in [0, 0.1) is 0 Å². The van der Waals surface area contributed by atoms with E-state index in [0.29, 0.717) is 0 Å². The summed E-state index contributed by atoms with van der Waals surface area (Å²) in [5.74, 6) is 3.32. The molecule has 0 atom stereocenters. The lowest BCUT2D eigenvalue weighted by Crippen LogP contribution is -2.67. The van der Waals surface area contributed by atoms with Crippen molar-refractivity contribution in [2.45, 2.75) is 26.2 Å². The van der Waals surface area contributed by atoms with Gasteiger partial charge in [0.05, 0.1) is 22.7 Å². The lowest BCUT2D eigenvalue weighted by molar-refractivity contribution is 0.491. The SMILES string of the molecule is CC(C)(C)c1cc2c3c(c1)N(c1c(-c4ccccc4)cccc1-c1ccccc1)c1cc4c5c(c1B3c1c(cc3c6c1Oc1ccc7c(sc8ccccc87)c1B6c1ccccc1N3c1ccccc1-c1ccccc1)N2c1c(-c2ccccc2)cccc1-c1ccccc1)Oc1ccc2c(sc3ccccc32)c1B5c1ccccc1N4c1ccccc1-c1ccccc1. The maximum Gasteiger partial charge on any atom is 0.261 e. The molecule has 0 saturated heterocycles. The number of benzene rings is 19. The van der Waals surface area contributed by atoms with E-state index >= 15 is 0 Å². The van der Waals surface area contributed by atoms with Gasteiger partial charge < -0.3 is 29.1 Å². The average Bonchev–Trinajstić information content (AvgIpc) is 1.04. The minimum atomic E-state index is -0.648. The zero-order chi connectivity index (χ0) is 85.0. The molecule has 0 bridgehead atoms. The Balaban J connectivity index is 0.876. The van der Waals surface area contributed by atoms with Crippen LogP contribution in [0.1, 0.15) is 26.3 Å². The number of fused-ring (bicyclic) bond motifs is 22. The second kappa shape index (κ2) is 28.6. The molecule has 8 heterocycles. The highest BCUT2D eigenvalue weighted by molar-refractivity contribution is 7.28. The zero-order valence-electron chi connectivity index (χ0n) is 70.9. The Bertz CT molecular complexity index is 7700. The van der Waals surface area contributed by atoms with Crippen LogP contribution in [0.3, 0.4) is 0 Å². The van der Waals surface area contributed by atoms with Crippen LogP contribution in [0.25, 0.3) is 107 Å². The van der Waals surface area contributed by atoms with Gasteiger partial charge in [-0.15, -0.1) is 22.7 Å². The van der Waals surface area contributed by atoms with Gasteiger partial charge in [0.2, 0.25) is 0 Å². The Labute approximate surface area is 758 Å². The summed E-state index contributed by atoms with van der Waals surface area (Å²) < 4.78 is 22.4. The highest BCUT2D eigenvalue weighted by Crippen LogP contribution is 2.59. The van der Waals surface area contributed by atoms with Gasteiger partial charge in [-0.1, -0.05) is 348 Å². The molecule has 602 valence electrons. The minimum Gasteiger partial charge on any atom is -0.459 e. The van der Waals surface area contributed by atoms with Gasteiger partial charge in [-0.2, -0.15) is 0 Å². The van der Waals surface area contributed by atoms with Crippen LogP contribution in [0.4, 0.5) is 68.2 Å². The van der Waals surface area contributed by atoms with Gasteiger partial charge in [0, 0.05) is 119 Å². The topological polar surface area (TPSA) is 31.4 Å². The third-order valence-electron chi connectivity index (χ3n) is 27.9. The number of hydrogen-bond donors (Lipinski definition) is 0. The number of anilines is 12. The van der Waals surface area contributed by atoms with Crippen LogP contribution in [0.15, 0.2) is 413 Å². The fourth-order valence-electron chi connectivity index (χ4n) is 22.4. The quantitative estimate of drug-likeness (QED) is 0.127. The molecule has 0 N–H and O–H groups in total. The molecule has 0 fully saturated rings. The molecule has 6 aliphatic heterocycles. The average molecular weight is 1680 g/mol. The van der Waals surface area contributed by atoms with E-state index in [2.05, 4.69) is 453 Å². The first-order chi connectivity index (χ1) is 63.7. The Hall–Kier alpha value is -15.4. The molecule has 19 aromatic carbocycles. The Morgan fingerprint density at radius 1 is 0.225 bits per heavy atom. The molecule has 0 unspecified atom stereocenters. The summed E-state index contributed by atoms with van der Waals surface area (Å²) in [6, 6.07) is 155. The van der Waals surface area contributed by atoms with Crippen LogP contribution >= 0.6 is 22.7 Å². The molecule has 129 heavy (non-hydrogen) atoms. The normalized spacial score (nSPS) is 13.4. The van der Waals surface area contributed by atoms with Crippen molar-refractivity contribution in [2.75, 3.05) is 19.6 Å². The standard InChI is InChI=1S/C118H77B3N4O2S2/c1-118(2,3)78-68-95-105-96(69-78)125(113-83(76-44-18-8-19-45-76)54-35-55-84(113)77-46-20-9-21-47-77)100-71-98-107-115(127-102-67-65-88-86-51-25-33-63-104(86)129-117(88)111(102)120(107)90-57-27-31-61-94(90)123(98)92-59-29-23-49-80(92)73-38-12-5-13-39-73)109(100)121(105)108-99(124(95)112-81(74-40-14-6-15-41-74)52-34-53-82(112)75-42-16-7-17-43-75)70-97-106-114(108)126-101-66-64-87-85-50-24-32-62-103(85)128-116(87)110(101)119(106)89-56-26-30-60-93(89)122(97)91-58-28-22-48-79(91)72-36-10-4-11-37-72/h4-71H,1-3H3. The third kappa shape index (κ3) is 11.0. The maximum absolute atomic E-state index is 8.75. The molecule has 0 radical (unpaired) electrons. The number of ether oxygens (including phenoxy) is 2. The van der Waals surface area contributed by atoms with E-state index in [0.717, 1.165) is 185 Å². The first-order valence-electron chi connectivity index (χ1n) is 44.7. The molecular weight excluding hydrogens is 1600 g/mol. The fraction of sp³-hybridized carbons (Fsp3) is 0.0339. The van der Waals surface area contributed by atoms with E-state index in [-0.39, 0.29) is 13.4 Å². The van der Waals surface area contributed by atoms with Gasteiger partial charge in [0.25, 0.3) is 20.1 Å². The summed E-state index contributed by atoms with van der Waals surface area (Å²) >= 11 is 3.76. The summed E-state index contributed by atoms with van der Waals surface area (Å²) in [5.41, 5.74) is 36.6. The summed E-state index contributed by atoms with van der Waals surface area (Å²) in [6.45, 7) is 5.87. The van der Waals surface area contributed by atoms with Crippen molar-refractivity contribution in [3.63, 3.8) is 0 Å². The first kappa shape index (κ1) is 73.9. The largest absolute Gasteiger partial charge is 0.459 e. The van der Waals surface area contributed by atoms with E-state index in [4.69, 9.17) is 9.47 Å². The molecule has 21 aromatic rings. The number of para-hydroxylation sites is 6. The summed E-state index contributed by atoms with van der Waals surface area (Å²) in [7, 11) is 0. The molecule has 0 saturated carbocycles. The van der Waals surface area contributed by atoms with Crippen molar-refractivity contribution < 1.29 is 9.47 Å². The fourth-order valence-corrected chi connectivity index (χ4v) is 25.0. The van der Waals surface area contributed by atoms with Gasteiger partial charge in [0.1, 0.15) is 23.0 Å². The first-order valence-corrected chi connectivity index (χ1v) is 46.3. The molecule has 6 nitrogen and oxygen atoms in total. The smallest absolute Gasteiger partial charge is 0.261 e. The van der Waals surface area contributed by atoms with Crippen molar-refractivity contribution in [2.24, 2.45) is 0 Å². The van der Waals surface area contributed by atoms with Crippen molar-refractivity contribution in [3.8, 4) is 89.8 Å². The Morgan fingerprint density at radius 3 is 0.891 bits per heavy atom. The molecule has 11 heteroatoms. The zero-order valence-corrected chi connectivity index (χ0v) is 72.5. The second-order valence-corrected chi connectivity index (χ2v) is 37.9. The minimum absolute atomic E-state index is 0.343. The molecule has 0 spiro atoms. The molecule has 2 aromatic heterocycles. The predicted octanol–water partition coefficient (Wildman–Crippen LogP) is 26.6. The highest BCUT2D eigenvalue weighted by Gasteiger charge is 2.56. The van der Waals surface area contributed by atoms with Crippen molar-refractivity contribution in [1.29, 1.82) is 0 Å². The monoisotopic (exact) mass is 1680 g/mol. The van der Waals surface area contributed by atoms with Crippen LogP contribution in [0.5, 0.6) is 23.0 Å². The summed E-state index contributed by atoms with van der Waals surface area (Å²) in [5, 5.41) is 4.92. The van der Waals surface area contributed by atoms with Crippen molar-refractivity contribution >= 4 is 201 Å². The van der Waals surface area contributed by atoms with E-state index < -0.39 is 12.1 Å². The van der Waals surface area contributed by atoms with Crippen LogP contribution in [0.2, 0.25) is 0 Å². The van der Waals surface area contributed by atoms with Crippen molar-refractivity contribution in [3.05, 3.63) is 418 Å². The Kier molecular flexibility index (Phi) is 16.4. The molecular formula is C118H77B3N4O2S2. The van der Waals surface area contributed by atoms with E-state index in [1.54, 1.807) is 0 Å². The van der Waals surface area contributed by atoms with Gasteiger partial charge in [-0.05, 0) is 178 Å². The number of thiophene rings is 2. The van der Waals surface area contributed by atoms with E-state index in [9.17, 15) is 0 Å². The van der Waals surface area contributed by atoms with Gasteiger partial charge in [-0.25, -0.2) is 0 Å². The Morgan fingerprint density at radius 2 is 0.519 bits per heavy atom. The van der Waals surface area contributed by atoms with Crippen LogP contribution in [-0.2, 0) is 5.41 Å². The van der Waals surface area contributed by atoms with Crippen molar-refractivity contribution in [1.82, 2.24) is 0 Å². The number of hydrogen-bond acceptors (Lipinski definition) is 8.